The van der Waals surface area contributed by atoms with Gasteiger partial charge in [0.15, 0.2) is 0 Å². The van der Waals surface area contributed by atoms with Gasteiger partial charge in [-0.05, 0) is 85.2 Å². The molecule has 0 atom stereocenters. The van der Waals surface area contributed by atoms with Crippen LogP contribution in [0.5, 0.6) is 0 Å². The summed E-state index contributed by atoms with van der Waals surface area (Å²) in [6.45, 7) is 8.26. The highest BCUT2D eigenvalue weighted by atomic mass is 19.1. The van der Waals surface area contributed by atoms with E-state index in [0.717, 1.165) is 36.9 Å². The van der Waals surface area contributed by atoms with Gasteiger partial charge in [-0.1, -0.05) is 39.0 Å². The molecule has 1 heterocycles. The molecule has 0 aromatic heterocycles. The number of halogens is 1. The Morgan fingerprint density at radius 2 is 1.45 bits per heavy atom. The number of amides is 3. The van der Waals surface area contributed by atoms with Crippen LogP contribution >= 0.6 is 0 Å². The van der Waals surface area contributed by atoms with Crippen LogP contribution in [0.1, 0.15) is 83.1 Å². The minimum absolute atomic E-state index is 0.0362. The lowest BCUT2D eigenvalue weighted by Crippen LogP contribution is -2.49. The number of piperazine rings is 1. The molecule has 2 fully saturated rings. The van der Waals surface area contributed by atoms with E-state index in [1.165, 1.54) is 18.2 Å². The number of nitrogens with one attached hydrogen (secondary N) is 2. The molecule has 0 spiro atoms. The molecule has 9 heteroatoms. The summed E-state index contributed by atoms with van der Waals surface area (Å²) in [5, 5.41) is 6.19. The minimum atomic E-state index is -0.445. The Hall–Kier alpha value is -4.24. The maximum absolute atomic E-state index is 13.7. The average Bonchev–Trinajstić information content (AvgIpc) is 3.01. The molecule has 0 bridgehead atoms. The number of nitrogens with zero attached hydrogens (tertiary/aromatic N) is 2. The fourth-order valence-electron chi connectivity index (χ4n) is 5.86. The van der Waals surface area contributed by atoms with Gasteiger partial charge in [0.1, 0.15) is 5.82 Å². The lowest BCUT2D eigenvalue weighted by molar-refractivity contribution is 0.0746. The lowest BCUT2D eigenvalue weighted by atomic mass is 9.86. The van der Waals surface area contributed by atoms with Gasteiger partial charge >= 0.3 is 0 Å². The molecule has 3 aromatic carbocycles. The summed E-state index contributed by atoms with van der Waals surface area (Å²) in [6.07, 6.45) is 3.45. The van der Waals surface area contributed by atoms with Gasteiger partial charge in [-0.25, -0.2) is 4.39 Å². The zero-order valence-electron chi connectivity index (χ0n) is 25.7. The van der Waals surface area contributed by atoms with E-state index in [-0.39, 0.29) is 35.2 Å². The molecule has 1 aliphatic heterocycles. The van der Waals surface area contributed by atoms with E-state index in [1.807, 2.05) is 30.3 Å². The van der Waals surface area contributed by atoms with Crippen molar-refractivity contribution in [3.05, 3.63) is 94.8 Å². The Kier molecular flexibility index (Phi) is 9.34. The molecule has 0 unspecified atom stereocenters. The number of nitrogens with two attached hydrogens (primary N) is 1. The van der Waals surface area contributed by atoms with Crippen molar-refractivity contribution >= 4 is 29.1 Å². The first-order valence-electron chi connectivity index (χ1n) is 15.4. The van der Waals surface area contributed by atoms with Crippen molar-refractivity contribution < 1.29 is 18.8 Å². The van der Waals surface area contributed by atoms with Gasteiger partial charge in [0.05, 0.1) is 11.4 Å². The van der Waals surface area contributed by atoms with Crippen LogP contribution < -0.4 is 21.3 Å². The first-order valence-corrected chi connectivity index (χ1v) is 15.4. The number of hydrogen-bond acceptors (Lipinski definition) is 5. The lowest BCUT2D eigenvalue weighted by Gasteiger charge is -2.37. The highest BCUT2D eigenvalue weighted by Crippen LogP contribution is 2.30. The van der Waals surface area contributed by atoms with Crippen molar-refractivity contribution in [3.63, 3.8) is 0 Å². The number of benzene rings is 3. The smallest absolute Gasteiger partial charge is 0.255 e. The van der Waals surface area contributed by atoms with Gasteiger partial charge < -0.3 is 26.2 Å². The normalized spacial score (nSPS) is 18.9. The molecule has 0 radical (unpaired) electrons. The second-order valence-electron chi connectivity index (χ2n) is 12.9. The van der Waals surface area contributed by atoms with Crippen molar-refractivity contribution in [1.82, 2.24) is 10.2 Å². The summed E-state index contributed by atoms with van der Waals surface area (Å²) in [7, 11) is 0. The SMILES string of the molecule is CC(C)(C)c1ccc(C(=O)Nc2cc(C(=O)NC3CCC(N)CC3)ccc2N2CCN(C(=O)c3cccc(F)c3)CC2)cc1. The molecule has 1 aliphatic carbocycles. The molecule has 4 N–H and O–H groups in total. The summed E-state index contributed by atoms with van der Waals surface area (Å²) in [4.78, 5) is 43.5. The van der Waals surface area contributed by atoms with Gasteiger partial charge in [0, 0.05) is 55.0 Å². The average molecular weight is 600 g/mol. The van der Waals surface area contributed by atoms with E-state index in [1.54, 1.807) is 23.1 Å². The van der Waals surface area contributed by atoms with E-state index in [0.29, 0.717) is 48.6 Å². The Morgan fingerprint density at radius 3 is 2.09 bits per heavy atom. The molecule has 232 valence electrons. The number of hydrogen-bond donors (Lipinski definition) is 3. The summed E-state index contributed by atoms with van der Waals surface area (Å²) in [6, 6.07) is 18.9. The number of rotatable bonds is 6. The zero-order chi connectivity index (χ0) is 31.4. The summed E-state index contributed by atoms with van der Waals surface area (Å²) in [5.74, 6) is -1.12. The number of anilines is 2. The first-order chi connectivity index (χ1) is 21.0. The van der Waals surface area contributed by atoms with Crippen LogP contribution in [0.15, 0.2) is 66.7 Å². The third-order valence-corrected chi connectivity index (χ3v) is 8.61. The second kappa shape index (κ2) is 13.2. The van der Waals surface area contributed by atoms with Crippen LogP contribution in [0, 0.1) is 5.82 Å². The van der Waals surface area contributed by atoms with Crippen molar-refractivity contribution in [1.29, 1.82) is 0 Å². The maximum atomic E-state index is 13.7. The molecule has 3 aromatic rings. The predicted molar refractivity (Wildman–Crippen MR) is 172 cm³/mol. The monoisotopic (exact) mass is 599 g/mol. The summed E-state index contributed by atoms with van der Waals surface area (Å²) in [5.41, 5.74) is 9.72. The molecular weight excluding hydrogens is 557 g/mol. The second-order valence-corrected chi connectivity index (χ2v) is 12.9. The highest BCUT2D eigenvalue weighted by Gasteiger charge is 2.26. The predicted octanol–water partition coefficient (Wildman–Crippen LogP) is 5.34. The third kappa shape index (κ3) is 7.45. The van der Waals surface area contributed by atoms with Crippen LogP contribution in [0.4, 0.5) is 15.8 Å². The number of carbonyl (C=O) groups excluding carboxylic acids is 3. The maximum Gasteiger partial charge on any atom is 0.255 e. The molecule has 5 rings (SSSR count). The molecule has 2 aliphatic rings. The molecule has 8 nitrogen and oxygen atoms in total. The van der Waals surface area contributed by atoms with Gasteiger partial charge in [-0.15, -0.1) is 0 Å². The zero-order valence-corrected chi connectivity index (χ0v) is 25.7. The molecular formula is C35H42FN5O3. The standard InChI is InChI=1S/C35H42FN5O3/c1-35(2,3)26-10-7-23(8-11-26)32(42)39-30-22-24(33(43)38-29-14-12-28(37)13-15-29)9-16-31(30)40-17-19-41(20-18-40)34(44)25-5-4-6-27(36)21-25/h4-11,16,21-22,28-29H,12-15,17-20,37H2,1-3H3,(H,38,43)(H,39,42). The largest absolute Gasteiger partial charge is 0.366 e. The van der Waals surface area contributed by atoms with Gasteiger partial charge in [-0.2, -0.15) is 0 Å². The third-order valence-electron chi connectivity index (χ3n) is 8.61. The van der Waals surface area contributed by atoms with Crippen molar-refractivity contribution in [2.24, 2.45) is 5.73 Å². The Balaban J connectivity index is 1.35. The fourth-order valence-corrected chi connectivity index (χ4v) is 5.86. The van der Waals surface area contributed by atoms with Crippen molar-refractivity contribution in [3.8, 4) is 0 Å². The molecule has 1 saturated heterocycles. The Morgan fingerprint density at radius 1 is 0.795 bits per heavy atom. The summed E-state index contributed by atoms with van der Waals surface area (Å²) < 4.78 is 13.7. The van der Waals surface area contributed by atoms with Crippen LogP contribution in [0.3, 0.4) is 0 Å². The number of carbonyl (C=O) groups is 3. The minimum Gasteiger partial charge on any atom is -0.366 e. The van der Waals surface area contributed by atoms with E-state index < -0.39 is 5.82 Å². The van der Waals surface area contributed by atoms with E-state index >= 15 is 0 Å². The molecule has 3 amide bonds. The molecule has 1 saturated carbocycles. The van der Waals surface area contributed by atoms with Crippen molar-refractivity contribution in [2.45, 2.75) is 64.0 Å². The molecule has 44 heavy (non-hydrogen) atoms. The van der Waals surface area contributed by atoms with Crippen molar-refractivity contribution in [2.75, 3.05) is 36.4 Å². The first kappa shape index (κ1) is 31.2. The van der Waals surface area contributed by atoms with Crippen LogP contribution in [0.2, 0.25) is 0 Å². The van der Waals surface area contributed by atoms with Gasteiger partial charge in [0.25, 0.3) is 17.7 Å². The van der Waals surface area contributed by atoms with E-state index in [2.05, 4.69) is 36.3 Å². The Labute approximate surface area is 258 Å². The van der Waals surface area contributed by atoms with Gasteiger partial charge in [-0.3, -0.25) is 14.4 Å². The quantitative estimate of drug-likeness (QED) is 0.355. The van der Waals surface area contributed by atoms with E-state index in [4.69, 9.17) is 5.73 Å². The van der Waals surface area contributed by atoms with Gasteiger partial charge in [0.2, 0.25) is 0 Å². The Bertz CT molecular complexity index is 1500. The van der Waals surface area contributed by atoms with Crippen LogP contribution in [0.25, 0.3) is 0 Å². The van der Waals surface area contributed by atoms with E-state index in [9.17, 15) is 18.8 Å². The van der Waals surface area contributed by atoms with Crippen LogP contribution in [-0.2, 0) is 5.41 Å². The topological polar surface area (TPSA) is 108 Å². The van der Waals surface area contributed by atoms with Crippen LogP contribution in [-0.4, -0.2) is 60.9 Å². The fraction of sp³-hybridized carbons (Fsp3) is 0.400. The summed E-state index contributed by atoms with van der Waals surface area (Å²) >= 11 is 0. The highest BCUT2D eigenvalue weighted by molar-refractivity contribution is 6.07.